The van der Waals surface area contributed by atoms with E-state index < -0.39 is 0 Å². The van der Waals surface area contributed by atoms with Crippen molar-refractivity contribution in [1.82, 2.24) is 5.32 Å². The fourth-order valence-electron chi connectivity index (χ4n) is 3.23. The van der Waals surface area contributed by atoms with E-state index in [-0.39, 0.29) is 0 Å². The molecule has 0 aliphatic heterocycles. The highest BCUT2D eigenvalue weighted by Crippen LogP contribution is 2.35. The van der Waals surface area contributed by atoms with Crippen LogP contribution < -0.4 is 5.32 Å². The van der Waals surface area contributed by atoms with E-state index >= 15 is 0 Å². The van der Waals surface area contributed by atoms with Crippen LogP contribution in [-0.2, 0) is 6.42 Å². The van der Waals surface area contributed by atoms with E-state index in [0.29, 0.717) is 12.1 Å². The van der Waals surface area contributed by atoms with E-state index in [9.17, 15) is 0 Å². The number of benzene rings is 1. The molecule has 0 saturated carbocycles. The molecule has 1 aromatic carbocycles. The minimum atomic E-state index is 0.416. The topological polar surface area (TPSA) is 12.0 Å². The quantitative estimate of drug-likeness (QED) is 0.774. The molecule has 2 unspecified atom stereocenters. The molecule has 3 heteroatoms. The first-order valence-electron chi connectivity index (χ1n) is 7.16. The van der Waals surface area contributed by atoms with Gasteiger partial charge in [0.1, 0.15) is 0 Å². The highest BCUT2D eigenvalue weighted by molar-refractivity contribution is 9.10. The summed E-state index contributed by atoms with van der Waals surface area (Å²) >= 11 is 5.46. The summed E-state index contributed by atoms with van der Waals surface area (Å²) < 4.78 is 1.19. The second-order valence-electron chi connectivity index (χ2n) is 5.69. The SMILES string of the molecule is Cc1cc(C(C)NC2CCc3cc(Br)ccc32)c(C)s1. The Morgan fingerprint density at radius 1 is 1.30 bits per heavy atom. The van der Waals surface area contributed by atoms with Crippen LogP contribution in [0.25, 0.3) is 0 Å². The van der Waals surface area contributed by atoms with Crippen molar-refractivity contribution >= 4 is 27.3 Å². The number of rotatable bonds is 3. The Morgan fingerprint density at radius 2 is 2.10 bits per heavy atom. The minimum absolute atomic E-state index is 0.416. The van der Waals surface area contributed by atoms with Crippen molar-refractivity contribution in [2.75, 3.05) is 0 Å². The van der Waals surface area contributed by atoms with Crippen molar-refractivity contribution in [3.8, 4) is 0 Å². The molecular weight excluding hydrogens is 330 g/mol. The Labute approximate surface area is 133 Å². The van der Waals surface area contributed by atoms with Crippen LogP contribution in [0.2, 0.25) is 0 Å². The van der Waals surface area contributed by atoms with Crippen molar-refractivity contribution in [2.24, 2.45) is 0 Å². The van der Waals surface area contributed by atoms with Crippen molar-refractivity contribution in [3.63, 3.8) is 0 Å². The molecule has 20 heavy (non-hydrogen) atoms. The summed E-state index contributed by atoms with van der Waals surface area (Å²) in [5.74, 6) is 0. The lowest BCUT2D eigenvalue weighted by Crippen LogP contribution is -2.23. The average Bonchev–Trinajstić information content (AvgIpc) is 2.93. The fraction of sp³-hybridized carbons (Fsp3) is 0.412. The molecule has 0 radical (unpaired) electrons. The third-order valence-electron chi connectivity index (χ3n) is 4.18. The predicted octanol–water partition coefficient (Wildman–Crippen LogP) is 5.47. The van der Waals surface area contributed by atoms with Crippen LogP contribution in [0.15, 0.2) is 28.7 Å². The number of hydrogen-bond donors (Lipinski definition) is 1. The summed E-state index contributed by atoms with van der Waals surface area (Å²) in [4.78, 5) is 2.85. The summed E-state index contributed by atoms with van der Waals surface area (Å²) in [7, 11) is 0. The summed E-state index contributed by atoms with van der Waals surface area (Å²) in [5.41, 5.74) is 4.42. The van der Waals surface area contributed by atoms with Crippen LogP contribution in [-0.4, -0.2) is 0 Å². The normalized spacial score (nSPS) is 19.1. The zero-order chi connectivity index (χ0) is 14.3. The van der Waals surface area contributed by atoms with Gasteiger partial charge in [0.15, 0.2) is 0 Å². The molecule has 2 aromatic rings. The summed E-state index contributed by atoms with van der Waals surface area (Å²) in [6.45, 7) is 6.70. The summed E-state index contributed by atoms with van der Waals surface area (Å²) in [6.07, 6.45) is 2.39. The van der Waals surface area contributed by atoms with E-state index in [1.165, 1.54) is 43.8 Å². The first-order valence-corrected chi connectivity index (χ1v) is 8.77. The van der Waals surface area contributed by atoms with Gasteiger partial charge in [0.25, 0.3) is 0 Å². The fourth-order valence-corrected chi connectivity index (χ4v) is 4.66. The monoisotopic (exact) mass is 349 g/mol. The third kappa shape index (κ3) is 2.72. The number of fused-ring (bicyclic) bond motifs is 1. The Balaban J connectivity index is 1.79. The standard InChI is InChI=1S/C17H20BrNS/c1-10-8-16(12(3)20-10)11(2)19-17-7-4-13-9-14(18)5-6-15(13)17/h5-6,8-9,11,17,19H,4,7H2,1-3H3. The first-order chi connectivity index (χ1) is 9.54. The first kappa shape index (κ1) is 14.3. The molecule has 1 aliphatic carbocycles. The molecule has 0 bridgehead atoms. The van der Waals surface area contributed by atoms with Gasteiger partial charge in [0.2, 0.25) is 0 Å². The van der Waals surface area contributed by atoms with Crippen molar-refractivity contribution < 1.29 is 0 Å². The number of aryl methyl sites for hydroxylation is 3. The van der Waals surface area contributed by atoms with Crippen LogP contribution in [0.5, 0.6) is 0 Å². The molecule has 1 N–H and O–H groups in total. The maximum Gasteiger partial charge on any atom is 0.0331 e. The number of halogens is 1. The van der Waals surface area contributed by atoms with Crippen molar-refractivity contribution in [2.45, 2.75) is 45.7 Å². The van der Waals surface area contributed by atoms with Gasteiger partial charge >= 0.3 is 0 Å². The maximum absolute atomic E-state index is 3.82. The predicted molar refractivity (Wildman–Crippen MR) is 90.5 cm³/mol. The van der Waals surface area contributed by atoms with E-state index in [4.69, 9.17) is 0 Å². The van der Waals surface area contributed by atoms with Crippen molar-refractivity contribution in [3.05, 3.63) is 55.2 Å². The van der Waals surface area contributed by atoms with E-state index in [0.717, 1.165) is 0 Å². The molecule has 0 saturated heterocycles. The zero-order valence-electron chi connectivity index (χ0n) is 12.2. The number of thiophene rings is 1. The van der Waals surface area contributed by atoms with Crippen LogP contribution in [0, 0.1) is 13.8 Å². The van der Waals surface area contributed by atoms with Crippen LogP contribution in [0.3, 0.4) is 0 Å². The van der Waals surface area contributed by atoms with Gasteiger partial charge in [-0.15, -0.1) is 11.3 Å². The number of hydrogen-bond acceptors (Lipinski definition) is 2. The molecule has 1 nitrogen and oxygen atoms in total. The number of nitrogens with one attached hydrogen (secondary N) is 1. The Hall–Kier alpha value is -0.640. The van der Waals surface area contributed by atoms with E-state index in [2.05, 4.69) is 66.3 Å². The van der Waals surface area contributed by atoms with Crippen LogP contribution >= 0.6 is 27.3 Å². The Morgan fingerprint density at radius 3 is 2.80 bits per heavy atom. The molecule has 106 valence electrons. The van der Waals surface area contributed by atoms with E-state index in [1.807, 2.05) is 11.3 Å². The highest BCUT2D eigenvalue weighted by atomic mass is 79.9. The van der Waals surface area contributed by atoms with Crippen molar-refractivity contribution in [1.29, 1.82) is 0 Å². The lowest BCUT2D eigenvalue weighted by Gasteiger charge is -2.20. The maximum atomic E-state index is 3.82. The smallest absolute Gasteiger partial charge is 0.0331 e. The lowest BCUT2D eigenvalue weighted by atomic mass is 10.0. The van der Waals surface area contributed by atoms with Crippen LogP contribution in [0.4, 0.5) is 0 Å². The second kappa shape index (κ2) is 5.63. The second-order valence-corrected chi connectivity index (χ2v) is 8.07. The molecule has 0 spiro atoms. The molecule has 2 atom stereocenters. The lowest BCUT2D eigenvalue weighted by molar-refractivity contribution is 0.464. The largest absolute Gasteiger partial charge is 0.303 e. The van der Waals surface area contributed by atoms with E-state index in [1.54, 1.807) is 0 Å². The van der Waals surface area contributed by atoms with Gasteiger partial charge < -0.3 is 5.32 Å². The minimum Gasteiger partial charge on any atom is -0.303 e. The molecule has 0 amide bonds. The average molecular weight is 350 g/mol. The van der Waals surface area contributed by atoms with Gasteiger partial charge in [-0.2, -0.15) is 0 Å². The summed E-state index contributed by atoms with van der Waals surface area (Å²) in [5, 5.41) is 3.82. The third-order valence-corrected chi connectivity index (χ3v) is 5.65. The molecule has 1 aliphatic rings. The highest BCUT2D eigenvalue weighted by Gasteiger charge is 2.24. The van der Waals surface area contributed by atoms with Crippen LogP contribution in [0.1, 0.15) is 51.9 Å². The van der Waals surface area contributed by atoms with Gasteiger partial charge in [0.05, 0.1) is 0 Å². The molecule has 1 aromatic heterocycles. The van der Waals surface area contributed by atoms with Gasteiger partial charge in [-0.25, -0.2) is 0 Å². The molecular formula is C17H20BrNS. The molecule has 0 fully saturated rings. The van der Waals surface area contributed by atoms with Gasteiger partial charge in [0, 0.05) is 26.3 Å². The van der Waals surface area contributed by atoms with Gasteiger partial charge in [-0.3, -0.25) is 0 Å². The molecule has 1 heterocycles. The zero-order valence-corrected chi connectivity index (χ0v) is 14.6. The van der Waals surface area contributed by atoms with Gasteiger partial charge in [-0.1, -0.05) is 22.0 Å². The Bertz CT molecular complexity index is 632. The Kier molecular flexibility index (Phi) is 4.02. The van der Waals surface area contributed by atoms with Gasteiger partial charge in [-0.05, 0) is 68.5 Å². The summed E-state index contributed by atoms with van der Waals surface area (Å²) in [6, 6.07) is 9.93. The molecule has 3 rings (SSSR count).